The second-order valence-electron chi connectivity index (χ2n) is 7.75. The number of halogens is 2. The van der Waals surface area contributed by atoms with E-state index in [2.05, 4.69) is 10.2 Å². The van der Waals surface area contributed by atoms with E-state index in [1.54, 1.807) is 47.4 Å². The summed E-state index contributed by atoms with van der Waals surface area (Å²) < 4.78 is 16.3. The van der Waals surface area contributed by atoms with Crippen molar-refractivity contribution in [2.24, 2.45) is 0 Å². The second kappa shape index (κ2) is 8.67. The molecule has 0 unspecified atom stereocenters. The first-order valence-corrected chi connectivity index (χ1v) is 10.9. The number of benzene rings is 2. The van der Waals surface area contributed by atoms with Crippen LogP contribution in [0.4, 0.5) is 10.1 Å². The minimum Gasteiger partial charge on any atom is -0.366 e. The van der Waals surface area contributed by atoms with Crippen molar-refractivity contribution in [3.05, 3.63) is 82.0 Å². The van der Waals surface area contributed by atoms with Gasteiger partial charge in [-0.15, -0.1) is 5.10 Å². The number of para-hydroxylation sites is 1. The van der Waals surface area contributed by atoms with Crippen molar-refractivity contribution in [2.75, 3.05) is 31.1 Å². The summed E-state index contributed by atoms with van der Waals surface area (Å²) in [6.45, 7) is 1.72. The molecule has 3 heterocycles. The van der Waals surface area contributed by atoms with Crippen LogP contribution in [0.1, 0.15) is 0 Å². The van der Waals surface area contributed by atoms with Gasteiger partial charge in [0.05, 0.1) is 11.4 Å². The van der Waals surface area contributed by atoms with Crippen LogP contribution in [0, 0.1) is 5.82 Å². The number of piperazine rings is 1. The highest BCUT2D eigenvalue weighted by Gasteiger charge is 2.24. The minimum absolute atomic E-state index is 0.182. The van der Waals surface area contributed by atoms with Crippen LogP contribution < -0.4 is 10.6 Å². The lowest BCUT2D eigenvalue weighted by atomic mass is 10.1. The van der Waals surface area contributed by atoms with Crippen molar-refractivity contribution >= 4 is 28.8 Å². The van der Waals surface area contributed by atoms with Crippen LogP contribution in [0.3, 0.4) is 0 Å². The van der Waals surface area contributed by atoms with E-state index in [0.29, 0.717) is 48.2 Å². The Balaban J connectivity index is 1.29. The summed E-state index contributed by atoms with van der Waals surface area (Å²) in [6, 6.07) is 17.2. The number of anilines is 1. The van der Waals surface area contributed by atoms with Crippen molar-refractivity contribution in [3.8, 4) is 11.3 Å². The van der Waals surface area contributed by atoms with Gasteiger partial charge < -0.3 is 9.80 Å². The molecule has 0 aliphatic carbocycles. The molecule has 33 heavy (non-hydrogen) atoms. The van der Waals surface area contributed by atoms with Gasteiger partial charge in [-0.3, -0.25) is 4.79 Å². The minimum atomic E-state index is -0.487. The van der Waals surface area contributed by atoms with Crippen LogP contribution >= 0.6 is 11.6 Å². The van der Waals surface area contributed by atoms with E-state index in [9.17, 15) is 14.0 Å². The number of fused-ring (bicyclic) bond motifs is 1. The highest BCUT2D eigenvalue weighted by molar-refractivity contribution is 6.30. The summed E-state index contributed by atoms with van der Waals surface area (Å²) in [5, 5.41) is 9.23. The molecule has 0 spiro atoms. The lowest BCUT2D eigenvalue weighted by Gasteiger charge is -2.36. The second-order valence-corrected chi connectivity index (χ2v) is 8.19. The van der Waals surface area contributed by atoms with Crippen molar-refractivity contribution in [1.82, 2.24) is 24.3 Å². The number of amides is 1. The Labute approximate surface area is 193 Å². The third kappa shape index (κ3) is 4.19. The number of rotatable bonds is 4. The Kier molecular flexibility index (Phi) is 5.55. The highest BCUT2D eigenvalue weighted by Crippen LogP contribution is 2.21. The number of carbonyl (C=O) groups excluding carboxylic acids is 1. The molecule has 0 saturated carbocycles. The molecule has 0 atom stereocenters. The monoisotopic (exact) mass is 466 g/mol. The topological polar surface area (TPSA) is 75.7 Å². The summed E-state index contributed by atoms with van der Waals surface area (Å²) >= 11 is 5.94. The Hall–Kier alpha value is -3.72. The van der Waals surface area contributed by atoms with Crippen molar-refractivity contribution < 1.29 is 9.18 Å². The fourth-order valence-corrected chi connectivity index (χ4v) is 4.05. The Morgan fingerprint density at radius 1 is 0.939 bits per heavy atom. The molecule has 4 aromatic rings. The van der Waals surface area contributed by atoms with Gasteiger partial charge in [-0.1, -0.05) is 35.9 Å². The maximum Gasteiger partial charge on any atom is 0.367 e. The molecule has 0 bridgehead atoms. The van der Waals surface area contributed by atoms with Gasteiger partial charge in [-0.2, -0.15) is 9.61 Å². The number of hydrogen-bond acceptors (Lipinski definition) is 5. The predicted molar refractivity (Wildman–Crippen MR) is 123 cm³/mol. The Morgan fingerprint density at radius 2 is 1.67 bits per heavy atom. The van der Waals surface area contributed by atoms with Gasteiger partial charge in [0.15, 0.2) is 5.65 Å². The van der Waals surface area contributed by atoms with E-state index >= 15 is 0 Å². The van der Waals surface area contributed by atoms with Gasteiger partial charge in [-0.05, 0) is 36.4 Å². The molecule has 0 radical (unpaired) electrons. The molecule has 1 fully saturated rings. The number of aromatic nitrogens is 4. The molecule has 8 nitrogen and oxygen atoms in total. The number of carbonyl (C=O) groups is 1. The largest absolute Gasteiger partial charge is 0.367 e. The summed E-state index contributed by atoms with van der Waals surface area (Å²) in [7, 11) is 0. The molecule has 168 valence electrons. The number of hydrogen-bond donors (Lipinski definition) is 0. The van der Waals surface area contributed by atoms with Gasteiger partial charge >= 0.3 is 5.69 Å². The van der Waals surface area contributed by atoms with E-state index < -0.39 is 5.69 Å². The predicted octanol–water partition coefficient (Wildman–Crippen LogP) is 2.70. The molecule has 5 rings (SSSR count). The van der Waals surface area contributed by atoms with Crippen LogP contribution in [0.25, 0.3) is 16.9 Å². The fourth-order valence-electron chi connectivity index (χ4n) is 3.92. The highest BCUT2D eigenvalue weighted by atomic mass is 35.5. The summed E-state index contributed by atoms with van der Waals surface area (Å²) in [5.41, 5.74) is 1.80. The summed E-state index contributed by atoms with van der Waals surface area (Å²) in [5.74, 6) is -0.495. The van der Waals surface area contributed by atoms with Crippen LogP contribution in [0.2, 0.25) is 5.02 Å². The first-order valence-electron chi connectivity index (χ1n) is 10.5. The zero-order valence-electron chi connectivity index (χ0n) is 17.6. The van der Waals surface area contributed by atoms with Crippen LogP contribution in [0.15, 0.2) is 65.5 Å². The Bertz CT molecular complexity index is 1380. The van der Waals surface area contributed by atoms with Gasteiger partial charge in [0.25, 0.3) is 0 Å². The zero-order valence-corrected chi connectivity index (χ0v) is 18.3. The molecule has 1 aliphatic heterocycles. The smallest absolute Gasteiger partial charge is 0.366 e. The molecule has 1 amide bonds. The van der Waals surface area contributed by atoms with Gasteiger partial charge in [0.2, 0.25) is 5.91 Å². The standard InChI is InChI=1S/C23H20ClFN6O2/c24-17-7-5-16(6-8-17)19-9-10-21-27-30(23(33)31(21)26-19)15-22(32)29-13-11-28(12-14-29)20-4-2-1-3-18(20)25/h1-10H,11-15H2. The van der Waals surface area contributed by atoms with Gasteiger partial charge in [0.1, 0.15) is 12.4 Å². The maximum absolute atomic E-state index is 14.0. The van der Waals surface area contributed by atoms with E-state index in [1.807, 2.05) is 17.0 Å². The van der Waals surface area contributed by atoms with Crippen LogP contribution in [-0.2, 0) is 11.3 Å². The molecular formula is C23H20ClFN6O2. The molecule has 1 saturated heterocycles. The summed E-state index contributed by atoms with van der Waals surface area (Å²) in [4.78, 5) is 29.2. The van der Waals surface area contributed by atoms with Gasteiger partial charge in [-0.25, -0.2) is 13.9 Å². The van der Waals surface area contributed by atoms with Gasteiger partial charge in [0, 0.05) is 36.8 Å². The van der Waals surface area contributed by atoms with E-state index in [-0.39, 0.29) is 18.3 Å². The molecular weight excluding hydrogens is 447 g/mol. The quantitative estimate of drug-likeness (QED) is 0.462. The first kappa shape index (κ1) is 21.1. The lowest BCUT2D eigenvalue weighted by molar-refractivity contribution is -0.132. The first-order chi connectivity index (χ1) is 16.0. The number of nitrogens with zero attached hydrogens (tertiary/aromatic N) is 6. The average Bonchev–Trinajstić information content (AvgIpc) is 3.14. The third-order valence-electron chi connectivity index (χ3n) is 5.69. The SMILES string of the molecule is O=C(Cn1nc2ccc(-c3ccc(Cl)cc3)nn2c1=O)N1CCN(c2ccccc2F)CC1. The van der Waals surface area contributed by atoms with E-state index in [0.717, 1.165) is 10.2 Å². The molecule has 1 aliphatic rings. The lowest BCUT2D eigenvalue weighted by Crippen LogP contribution is -2.50. The molecule has 2 aromatic carbocycles. The molecule has 0 N–H and O–H groups in total. The van der Waals surface area contributed by atoms with Crippen molar-refractivity contribution in [3.63, 3.8) is 0 Å². The summed E-state index contributed by atoms with van der Waals surface area (Å²) in [6.07, 6.45) is 0. The van der Waals surface area contributed by atoms with E-state index in [4.69, 9.17) is 11.6 Å². The van der Waals surface area contributed by atoms with E-state index in [1.165, 1.54) is 10.6 Å². The van der Waals surface area contributed by atoms with Crippen LogP contribution in [-0.4, -0.2) is 56.4 Å². The fraction of sp³-hybridized carbons (Fsp3) is 0.217. The average molecular weight is 467 g/mol. The third-order valence-corrected chi connectivity index (χ3v) is 5.94. The van der Waals surface area contributed by atoms with Crippen molar-refractivity contribution in [2.45, 2.75) is 6.54 Å². The molecule has 2 aromatic heterocycles. The zero-order chi connectivity index (χ0) is 22.9. The maximum atomic E-state index is 14.0. The van der Waals surface area contributed by atoms with Crippen LogP contribution in [0.5, 0.6) is 0 Å². The normalized spacial score (nSPS) is 14.1. The van der Waals surface area contributed by atoms with Crippen molar-refractivity contribution in [1.29, 1.82) is 0 Å². The molecule has 10 heteroatoms. The Morgan fingerprint density at radius 3 is 2.39 bits per heavy atom.